The first-order valence-electron chi connectivity index (χ1n) is 5.67. The van der Waals surface area contributed by atoms with E-state index in [2.05, 4.69) is 6.07 Å². The van der Waals surface area contributed by atoms with Gasteiger partial charge in [-0.25, -0.2) is 0 Å². The lowest BCUT2D eigenvalue weighted by molar-refractivity contribution is -0.120. The maximum atomic E-state index is 10.6. The van der Waals surface area contributed by atoms with Crippen LogP contribution in [0.15, 0.2) is 6.07 Å². The van der Waals surface area contributed by atoms with Crippen molar-refractivity contribution in [1.29, 1.82) is 0 Å². The van der Waals surface area contributed by atoms with E-state index >= 15 is 0 Å². The number of hydrogen-bond donors (Lipinski definition) is 0. The van der Waals surface area contributed by atoms with Gasteiger partial charge in [-0.1, -0.05) is 6.07 Å². The van der Waals surface area contributed by atoms with Crippen molar-refractivity contribution >= 4 is 6.47 Å². The van der Waals surface area contributed by atoms with Crippen LogP contribution in [0, 0.1) is 0 Å². The lowest BCUT2D eigenvalue weighted by atomic mass is 10.0. The molecule has 1 aromatic carbocycles. The second kappa shape index (κ2) is 3.37. The van der Waals surface area contributed by atoms with Crippen molar-refractivity contribution in [3.63, 3.8) is 0 Å². The first-order chi connectivity index (χ1) is 7.40. The molecule has 1 aromatic rings. The Balaban J connectivity index is 2.19. The van der Waals surface area contributed by atoms with Gasteiger partial charge in [-0.3, -0.25) is 4.79 Å². The molecule has 0 unspecified atom stereocenters. The molecule has 0 bridgehead atoms. The van der Waals surface area contributed by atoms with Gasteiger partial charge in [0.2, 0.25) is 0 Å². The van der Waals surface area contributed by atoms with Crippen LogP contribution in [0.1, 0.15) is 35.1 Å². The number of carbonyl (C=O) groups excluding carboxylic acids is 1. The quantitative estimate of drug-likeness (QED) is 0.687. The van der Waals surface area contributed by atoms with Crippen LogP contribution in [0.25, 0.3) is 0 Å². The molecule has 0 saturated heterocycles. The molecule has 78 valence electrons. The highest BCUT2D eigenvalue weighted by Gasteiger charge is 2.24. The minimum Gasteiger partial charge on any atom is -0.428 e. The summed E-state index contributed by atoms with van der Waals surface area (Å²) >= 11 is 0. The molecular formula is C13H14O2. The molecule has 15 heavy (non-hydrogen) atoms. The van der Waals surface area contributed by atoms with Crippen molar-refractivity contribution in [1.82, 2.24) is 0 Å². The van der Waals surface area contributed by atoms with Gasteiger partial charge in [-0.15, -0.1) is 0 Å². The molecule has 2 nitrogen and oxygen atoms in total. The lowest BCUT2D eigenvalue weighted by Gasteiger charge is -2.11. The second-order valence-electron chi connectivity index (χ2n) is 4.40. The van der Waals surface area contributed by atoms with Crippen LogP contribution in [0.2, 0.25) is 0 Å². The third kappa shape index (κ3) is 1.28. The third-order valence-corrected chi connectivity index (χ3v) is 3.58. The van der Waals surface area contributed by atoms with E-state index < -0.39 is 0 Å². The van der Waals surface area contributed by atoms with E-state index in [0.717, 1.165) is 31.4 Å². The van der Waals surface area contributed by atoms with Gasteiger partial charge in [0.25, 0.3) is 6.47 Å². The summed E-state index contributed by atoms with van der Waals surface area (Å²) < 4.78 is 5.21. The molecule has 0 amide bonds. The van der Waals surface area contributed by atoms with Gasteiger partial charge in [0.05, 0.1) is 0 Å². The van der Waals surface area contributed by atoms with E-state index in [4.69, 9.17) is 4.74 Å². The Kier molecular flexibility index (Phi) is 2.01. The van der Waals surface area contributed by atoms with Gasteiger partial charge in [-0.05, 0) is 60.8 Å². The second-order valence-corrected chi connectivity index (χ2v) is 4.40. The zero-order valence-electron chi connectivity index (χ0n) is 8.71. The summed E-state index contributed by atoms with van der Waals surface area (Å²) in [5.74, 6) is 0.896. The molecule has 0 radical (unpaired) electrons. The highest BCUT2D eigenvalue weighted by molar-refractivity contribution is 5.59. The van der Waals surface area contributed by atoms with Crippen LogP contribution in [-0.2, 0) is 30.5 Å². The van der Waals surface area contributed by atoms with Crippen LogP contribution >= 0.6 is 0 Å². The monoisotopic (exact) mass is 202 g/mol. The highest BCUT2D eigenvalue weighted by Crippen LogP contribution is 2.39. The molecule has 2 aliphatic carbocycles. The molecule has 0 aliphatic heterocycles. The first kappa shape index (κ1) is 8.96. The Morgan fingerprint density at radius 2 is 1.60 bits per heavy atom. The van der Waals surface area contributed by atoms with Crippen LogP contribution in [0.4, 0.5) is 0 Å². The summed E-state index contributed by atoms with van der Waals surface area (Å²) in [5.41, 5.74) is 5.41. The lowest BCUT2D eigenvalue weighted by Crippen LogP contribution is -2.00. The highest BCUT2D eigenvalue weighted by atomic mass is 16.5. The van der Waals surface area contributed by atoms with Crippen molar-refractivity contribution in [3.05, 3.63) is 28.3 Å². The SMILES string of the molecule is O=COc1c2c(cc3c1CCC3)CCC2. The van der Waals surface area contributed by atoms with Crippen molar-refractivity contribution in [3.8, 4) is 5.75 Å². The molecule has 0 atom stereocenters. The summed E-state index contributed by atoms with van der Waals surface area (Å²) in [7, 11) is 0. The fourth-order valence-electron chi connectivity index (χ4n) is 2.95. The Morgan fingerprint density at radius 3 is 2.13 bits per heavy atom. The zero-order valence-corrected chi connectivity index (χ0v) is 8.71. The molecule has 0 spiro atoms. The number of ether oxygens (including phenoxy) is 1. The molecule has 3 rings (SSSR count). The molecule has 0 fully saturated rings. The number of benzene rings is 1. The van der Waals surface area contributed by atoms with Crippen LogP contribution in [0.3, 0.4) is 0 Å². The van der Waals surface area contributed by atoms with Crippen LogP contribution in [-0.4, -0.2) is 6.47 Å². The average Bonchev–Trinajstić information content (AvgIpc) is 2.84. The van der Waals surface area contributed by atoms with Gasteiger partial charge in [0, 0.05) is 0 Å². The Bertz CT molecular complexity index is 389. The number of aryl methyl sites for hydroxylation is 2. The van der Waals surface area contributed by atoms with Crippen molar-refractivity contribution < 1.29 is 9.53 Å². The zero-order chi connectivity index (χ0) is 10.3. The topological polar surface area (TPSA) is 26.3 Å². The Labute approximate surface area is 89.2 Å². The van der Waals surface area contributed by atoms with Gasteiger partial charge in [-0.2, -0.15) is 0 Å². The van der Waals surface area contributed by atoms with Crippen molar-refractivity contribution in [2.75, 3.05) is 0 Å². The molecule has 2 heteroatoms. The van der Waals surface area contributed by atoms with E-state index in [9.17, 15) is 4.79 Å². The van der Waals surface area contributed by atoms with Gasteiger partial charge in [0.1, 0.15) is 5.75 Å². The number of hydrogen-bond acceptors (Lipinski definition) is 2. The Hall–Kier alpha value is -1.31. The fraction of sp³-hybridized carbons (Fsp3) is 0.462. The number of fused-ring (bicyclic) bond motifs is 2. The largest absolute Gasteiger partial charge is 0.428 e. The summed E-state index contributed by atoms with van der Waals surface area (Å²) in [6.45, 7) is 0.576. The van der Waals surface area contributed by atoms with Crippen LogP contribution < -0.4 is 4.74 Å². The van der Waals surface area contributed by atoms with Gasteiger partial charge < -0.3 is 4.74 Å². The van der Waals surface area contributed by atoms with Crippen molar-refractivity contribution in [2.45, 2.75) is 38.5 Å². The van der Waals surface area contributed by atoms with Gasteiger partial charge >= 0.3 is 0 Å². The normalized spacial score (nSPS) is 17.3. The number of rotatable bonds is 2. The molecule has 0 N–H and O–H groups in total. The van der Waals surface area contributed by atoms with E-state index in [-0.39, 0.29) is 0 Å². The molecular weight excluding hydrogens is 188 g/mol. The Morgan fingerprint density at radius 1 is 1.00 bits per heavy atom. The summed E-state index contributed by atoms with van der Waals surface area (Å²) in [6.07, 6.45) is 6.86. The minimum absolute atomic E-state index is 0.576. The molecule has 0 saturated carbocycles. The predicted molar refractivity (Wildman–Crippen MR) is 57.2 cm³/mol. The molecule has 0 aromatic heterocycles. The van der Waals surface area contributed by atoms with E-state index in [1.807, 2.05) is 0 Å². The molecule has 0 heterocycles. The van der Waals surface area contributed by atoms with Crippen LogP contribution in [0.5, 0.6) is 5.75 Å². The maximum Gasteiger partial charge on any atom is 0.298 e. The van der Waals surface area contributed by atoms with Crippen molar-refractivity contribution in [2.24, 2.45) is 0 Å². The minimum atomic E-state index is 0.576. The standard InChI is InChI=1S/C13H14O2/c14-8-15-13-11-5-1-3-9(11)7-10-4-2-6-12(10)13/h7-8H,1-6H2. The summed E-state index contributed by atoms with van der Waals surface area (Å²) in [4.78, 5) is 10.6. The van der Waals surface area contributed by atoms with Gasteiger partial charge in [0.15, 0.2) is 0 Å². The van der Waals surface area contributed by atoms with E-state index in [0.29, 0.717) is 6.47 Å². The average molecular weight is 202 g/mol. The van der Waals surface area contributed by atoms with E-state index in [1.54, 1.807) is 0 Å². The summed E-state index contributed by atoms with van der Waals surface area (Å²) in [5, 5.41) is 0. The summed E-state index contributed by atoms with van der Waals surface area (Å²) in [6, 6.07) is 2.34. The third-order valence-electron chi connectivity index (χ3n) is 3.58. The number of carbonyl (C=O) groups is 1. The molecule has 2 aliphatic rings. The predicted octanol–water partition coefficient (Wildman–Crippen LogP) is 2.20. The smallest absolute Gasteiger partial charge is 0.298 e. The fourth-order valence-corrected chi connectivity index (χ4v) is 2.95. The maximum absolute atomic E-state index is 10.6. The first-order valence-corrected chi connectivity index (χ1v) is 5.67. The van der Waals surface area contributed by atoms with E-state index in [1.165, 1.54) is 35.1 Å².